The fourth-order valence-electron chi connectivity index (χ4n) is 3.29. The third-order valence-corrected chi connectivity index (χ3v) is 4.44. The lowest BCUT2D eigenvalue weighted by molar-refractivity contribution is -0.00341. The zero-order valence-electron chi connectivity index (χ0n) is 12.8. The van der Waals surface area contributed by atoms with Gasteiger partial charge in [-0.15, -0.1) is 0 Å². The van der Waals surface area contributed by atoms with Crippen molar-refractivity contribution in [1.29, 1.82) is 0 Å². The molecule has 1 saturated heterocycles. The van der Waals surface area contributed by atoms with E-state index in [4.69, 9.17) is 4.74 Å². The second kappa shape index (κ2) is 7.06. The molecule has 0 aromatic heterocycles. The lowest BCUT2D eigenvalue weighted by Crippen LogP contribution is -2.38. The Balaban J connectivity index is 1.64. The second-order valence-corrected chi connectivity index (χ2v) is 6.02. The Morgan fingerprint density at radius 1 is 1.14 bits per heavy atom. The van der Waals surface area contributed by atoms with E-state index >= 15 is 0 Å². The maximum atomic E-state index is 5.83. The van der Waals surface area contributed by atoms with Crippen LogP contribution in [0, 0.1) is 0 Å². The van der Waals surface area contributed by atoms with Gasteiger partial charge < -0.3 is 10.1 Å². The summed E-state index contributed by atoms with van der Waals surface area (Å²) in [4.78, 5) is 0. The summed E-state index contributed by atoms with van der Waals surface area (Å²) in [6.45, 7) is 4.08. The third kappa shape index (κ3) is 3.63. The Bertz CT molecular complexity index is 573. The first kappa shape index (κ1) is 14.6. The molecule has 2 heteroatoms. The molecular weight excluding hydrogens is 258 g/mol. The molecule has 0 bridgehead atoms. The summed E-state index contributed by atoms with van der Waals surface area (Å²) in [7, 11) is 0. The minimum absolute atomic E-state index is 0.453. The molecule has 1 N–H and O–H groups in total. The first-order chi connectivity index (χ1) is 10.4. The maximum Gasteiger partial charge on any atom is 0.0589 e. The highest BCUT2D eigenvalue weighted by Crippen LogP contribution is 2.21. The Kier molecular flexibility index (Phi) is 4.89. The molecule has 2 atom stereocenters. The van der Waals surface area contributed by atoms with Crippen molar-refractivity contribution in [3.8, 4) is 0 Å². The number of ether oxygens (including phenoxy) is 1. The molecule has 21 heavy (non-hydrogen) atoms. The summed E-state index contributed by atoms with van der Waals surface area (Å²) < 4.78 is 5.83. The standard InChI is InChI=1S/C19H25NO/c1-2-6-18-13-17(11-12-21-18)20-14-16-9-5-8-15-7-3-4-10-19(15)16/h3-5,7-10,17-18,20H,2,6,11-14H2,1H3. The van der Waals surface area contributed by atoms with Crippen LogP contribution in [0.25, 0.3) is 10.8 Å². The van der Waals surface area contributed by atoms with Crippen molar-refractivity contribution in [3.05, 3.63) is 48.0 Å². The van der Waals surface area contributed by atoms with E-state index < -0.39 is 0 Å². The molecular formula is C19H25NO. The molecule has 1 aliphatic rings. The normalized spacial score (nSPS) is 22.5. The van der Waals surface area contributed by atoms with Crippen LogP contribution in [0.2, 0.25) is 0 Å². The molecule has 0 amide bonds. The summed E-state index contributed by atoms with van der Waals surface area (Å²) >= 11 is 0. The van der Waals surface area contributed by atoms with Crippen molar-refractivity contribution < 1.29 is 4.74 Å². The fourth-order valence-corrected chi connectivity index (χ4v) is 3.29. The van der Waals surface area contributed by atoms with E-state index in [1.807, 2.05) is 0 Å². The topological polar surface area (TPSA) is 21.3 Å². The van der Waals surface area contributed by atoms with E-state index in [-0.39, 0.29) is 0 Å². The van der Waals surface area contributed by atoms with Gasteiger partial charge in [-0.05, 0) is 35.6 Å². The van der Waals surface area contributed by atoms with E-state index in [0.717, 1.165) is 26.0 Å². The number of hydrogen-bond acceptors (Lipinski definition) is 2. The zero-order valence-corrected chi connectivity index (χ0v) is 12.8. The number of hydrogen-bond donors (Lipinski definition) is 1. The molecule has 1 fully saturated rings. The van der Waals surface area contributed by atoms with Crippen LogP contribution in [0.15, 0.2) is 42.5 Å². The second-order valence-electron chi connectivity index (χ2n) is 6.02. The number of rotatable bonds is 5. The molecule has 1 aliphatic heterocycles. The Morgan fingerprint density at radius 2 is 2.00 bits per heavy atom. The van der Waals surface area contributed by atoms with Crippen LogP contribution in [-0.2, 0) is 11.3 Å². The van der Waals surface area contributed by atoms with Crippen molar-refractivity contribution in [2.75, 3.05) is 6.61 Å². The van der Waals surface area contributed by atoms with E-state index in [9.17, 15) is 0 Å². The summed E-state index contributed by atoms with van der Waals surface area (Å²) in [5.74, 6) is 0. The maximum absolute atomic E-state index is 5.83. The van der Waals surface area contributed by atoms with Crippen LogP contribution >= 0.6 is 0 Å². The Hall–Kier alpha value is -1.38. The Morgan fingerprint density at radius 3 is 2.90 bits per heavy atom. The number of fused-ring (bicyclic) bond motifs is 1. The number of nitrogens with one attached hydrogen (secondary N) is 1. The van der Waals surface area contributed by atoms with Gasteiger partial charge in [-0.3, -0.25) is 0 Å². The van der Waals surface area contributed by atoms with Crippen molar-refractivity contribution in [2.24, 2.45) is 0 Å². The molecule has 0 spiro atoms. The van der Waals surface area contributed by atoms with Gasteiger partial charge in [0.1, 0.15) is 0 Å². The zero-order chi connectivity index (χ0) is 14.5. The van der Waals surface area contributed by atoms with Crippen molar-refractivity contribution >= 4 is 10.8 Å². The highest BCUT2D eigenvalue weighted by Gasteiger charge is 2.21. The van der Waals surface area contributed by atoms with Crippen LogP contribution < -0.4 is 5.32 Å². The van der Waals surface area contributed by atoms with Crippen LogP contribution in [0.3, 0.4) is 0 Å². The van der Waals surface area contributed by atoms with Gasteiger partial charge in [0.05, 0.1) is 6.10 Å². The molecule has 112 valence electrons. The molecule has 2 aromatic carbocycles. The van der Waals surface area contributed by atoms with Crippen LogP contribution in [0.5, 0.6) is 0 Å². The summed E-state index contributed by atoms with van der Waals surface area (Å²) in [6.07, 6.45) is 5.13. The predicted molar refractivity (Wildman–Crippen MR) is 88.5 cm³/mol. The monoisotopic (exact) mass is 283 g/mol. The van der Waals surface area contributed by atoms with Gasteiger partial charge in [-0.25, -0.2) is 0 Å². The quantitative estimate of drug-likeness (QED) is 0.884. The lowest BCUT2D eigenvalue weighted by atomic mass is 9.99. The van der Waals surface area contributed by atoms with E-state index in [1.165, 1.54) is 29.2 Å². The van der Waals surface area contributed by atoms with Gasteiger partial charge in [0.15, 0.2) is 0 Å². The summed E-state index contributed by atoms with van der Waals surface area (Å²) in [5, 5.41) is 6.43. The summed E-state index contributed by atoms with van der Waals surface area (Å²) in [5.41, 5.74) is 1.40. The first-order valence-corrected chi connectivity index (χ1v) is 8.18. The van der Waals surface area contributed by atoms with Crippen molar-refractivity contribution in [1.82, 2.24) is 5.32 Å². The van der Waals surface area contributed by atoms with Gasteiger partial charge in [0.2, 0.25) is 0 Å². The molecule has 3 rings (SSSR count). The SMILES string of the molecule is CCCC1CC(NCc2cccc3ccccc23)CCO1. The fraction of sp³-hybridized carbons (Fsp3) is 0.474. The average molecular weight is 283 g/mol. The van der Waals surface area contributed by atoms with Crippen LogP contribution in [-0.4, -0.2) is 18.8 Å². The van der Waals surface area contributed by atoms with Crippen LogP contribution in [0.4, 0.5) is 0 Å². The summed E-state index contributed by atoms with van der Waals surface area (Å²) in [6, 6.07) is 15.8. The molecule has 2 unspecified atom stereocenters. The van der Waals surface area contributed by atoms with E-state index in [2.05, 4.69) is 54.7 Å². The van der Waals surface area contributed by atoms with Crippen molar-refractivity contribution in [3.63, 3.8) is 0 Å². The van der Waals surface area contributed by atoms with Gasteiger partial charge in [0.25, 0.3) is 0 Å². The highest BCUT2D eigenvalue weighted by atomic mass is 16.5. The minimum Gasteiger partial charge on any atom is -0.378 e. The van der Waals surface area contributed by atoms with Gasteiger partial charge >= 0.3 is 0 Å². The average Bonchev–Trinajstić information content (AvgIpc) is 2.53. The lowest BCUT2D eigenvalue weighted by Gasteiger charge is -2.30. The van der Waals surface area contributed by atoms with E-state index in [1.54, 1.807) is 0 Å². The molecule has 2 nitrogen and oxygen atoms in total. The highest BCUT2D eigenvalue weighted by molar-refractivity contribution is 5.85. The van der Waals surface area contributed by atoms with Gasteiger partial charge in [0, 0.05) is 19.2 Å². The van der Waals surface area contributed by atoms with E-state index in [0.29, 0.717) is 12.1 Å². The van der Waals surface area contributed by atoms with Crippen LogP contribution in [0.1, 0.15) is 38.2 Å². The minimum atomic E-state index is 0.453. The molecule has 0 aliphatic carbocycles. The molecule has 0 radical (unpaired) electrons. The van der Waals surface area contributed by atoms with Gasteiger partial charge in [-0.2, -0.15) is 0 Å². The third-order valence-electron chi connectivity index (χ3n) is 4.44. The smallest absolute Gasteiger partial charge is 0.0589 e. The molecule has 0 saturated carbocycles. The predicted octanol–water partition coefficient (Wildman–Crippen LogP) is 4.28. The number of benzene rings is 2. The molecule has 1 heterocycles. The largest absolute Gasteiger partial charge is 0.378 e. The van der Waals surface area contributed by atoms with Crippen molar-refractivity contribution in [2.45, 2.75) is 51.3 Å². The Labute approximate surface area is 127 Å². The molecule has 2 aromatic rings. The van der Waals surface area contributed by atoms with Gasteiger partial charge in [-0.1, -0.05) is 55.8 Å². The first-order valence-electron chi connectivity index (χ1n) is 8.18.